The first kappa shape index (κ1) is 30.6. The minimum atomic E-state index is -4.91. The number of nitrogens with one attached hydrogen (secondary N) is 1. The van der Waals surface area contributed by atoms with E-state index in [4.69, 9.17) is 19.9 Å². The van der Waals surface area contributed by atoms with E-state index in [0.717, 1.165) is 31.5 Å². The molecule has 1 aromatic carbocycles. The summed E-state index contributed by atoms with van der Waals surface area (Å²) in [6.45, 7) is 4.69. The summed E-state index contributed by atoms with van der Waals surface area (Å²) in [5.74, 6) is -7.92. The summed E-state index contributed by atoms with van der Waals surface area (Å²) in [5.41, 5.74) is 2.10. The monoisotopic (exact) mass is 586 g/mol. The minimum Gasteiger partial charge on any atom is -0.489 e. The van der Waals surface area contributed by atoms with E-state index >= 15 is 4.39 Å². The van der Waals surface area contributed by atoms with Gasteiger partial charge < -0.3 is 25.3 Å². The van der Waals surface area contributed by atoms with Gasteiger partial charge in [-0.1, -0.05) is 13.0 Å². The van der Waals surface area contributed by atoms with E-state index in [9.17, 15) is 27.2 Å². The number of hydrogen-bond donors (Lipinski definition) is 2. The molecule has 0 unspecified atom stereocenters. The molecule has 9 nitrogen and oxygen atoms in total. The van der Waals surface area contributed by atoms with Gasteiger partial charge in [0.05, 0.1) is 6.61 Å². The number of ether oxygens (including phenoxy) is 3. The summed E-state index contributed by atoms with van der Waals surface area (Å²) >= 11 is 0. The normalized spacial score (nSPS) is 25.5. The number of primary amides is 1. The average Bonchev–Trinajstić information content (AvgIpc) is 3.05. The number of pyridine rings is 1. The molecule has 0 bridgehead atoms. The predicted molar refractivity (Wildman–Crippen MR) is 136 cm³/mol. The standard InChI is InChI=1S/C27H31F5N4O5/c1-15-20(17-4-5-18(28)21(29)22(17)40-13-10-36-8-3-11-39-12-9-36)23(41-26(15,2)27(30,31)32)25(38)35-16-6-7-34-19(14-16)24(33)37/h4-7,14-15,20,23H,3,8-13H2,1-2H3,(H2,33,37)(H,34,35,38)/t15-,20-,23+,26+/m0/s1. The number of alkyl halides is 3. The van der Waals surface area contributed by atoms with Crippen LogP contribution in [-0.2, 0) is 14.3 Å². The maximum absolute atomic E-state index is 15.1. The van der Waals surface area contributed by atoms with Crippen LogP contribution in [0.15, 0.2) is 30.5 Å². The van der Waals surface area contributed by atoms with Crippen molar-refractivity contribution in [2.24, 2.45) is 11.7 Å². The highest BCUT2D eigenvalue weighted by molar-refractivity contribution is 5.97. The number of hydrogen-bond acceptors (Lipinski definition) is 7. The highest BCUT2D eigenvalue weighted by atomic mass is 19.4. The van der Waals surface area contributed by atoms with E-state index in [1.165, 1.54) is 19.2 Å². The van der Waals surface area contributed by atoms with Crippen LogP contribution in [0.4, 0.5) is 27.6 Å². The van der Waals surface area contributed by atoms with Crippen molar-refractivity contribution in [3.63, 3.8) is 0 Å². The second-order valence-corrected chi connectivity index (χ2v) is 10.2. The molecule has 2 fully saturated rings. The first-order valence-electron chi connectivity index (χ1n) is 13.1. The molecule has 0 saturated carbocycles. The Morgan fingerprint density at radius 1 is 1.22 bits per heavy atom. The fraction of sp³-hybridized carbons (Fsp3) is 0.519. The Balaban J connectivity index is 1.67. The first-order valence-corrected chi connectivity index (χ1v) is 13.1. The van der Waals surface area contributed by atoms with Crippen molar-refractivity contribution in [1.82, 2.24) is 9.88 Å². The Bertz CT molecular complexity index is 1270. The molecular weight excluding hydrogens is 555 g/mol. The van der Waals surface area contributed by atoms with Crippen molar-refractivity contribution in [2.75, 3.05) is 44.8 Å². The number of benzene rings is 1. The molecule has 0 aliphatic carbocycles. The molecule has 1 aromatic heterocycles. The second-order valence-electron chi connectivity index (χ2n) is 10.2. The van der Waals surface area contributed by atoms with E-state index in [-0.39, 0.29) is 23.6 Å². The Kier molecular flexibility index (Phi) is 9.14. The van der Waals surface area contributed by atoms with Gasteiger partial charge in [0.2, 0.25) is 5.82 Å². The third kappa shape index (κ3) is 6.44. The van der Waals surface area contributed by atoms with Crippen molar-refractivity contribution in [1.29, 1.82) is 0 Å². The number of anilines is 1. The second kappa shape index (κ2) is 12.2. The third-order valence-corrected chi connectivity index (χ3v) is 7.62. The highest BCUT2D eigenvalue weighted by Crippen LogP contribution is 2.55. The zero-order chi connectivity index (χ0) is 29.9. The number of rotatable bonds is 8. The van der Waals surface area contributed by atoms with Crippen LogP contribution in [0.5, 0.6) is 5.75 Å². The van der Waals surface area contributed by atoms with Gasteiger partial charge in [-0.3, -0.25) is 19.5 Å². The largest absolute Gasteiger partial charge is 0.489 e. The SMILES string of the molecule is C[C@H]1[C@@H](c2ccc(F)c(F)c2OCCN2CCCOCC2)[C@H](C(=O)Nc2ccnc(C(N)=O)c2)O[C@@]1(C)C(F)(F)F. The molecule has 2 aromatic rings. The van der Waals surface area contributed by atoms with Crippen molar-refractivity contribution in [2.45, 2.75) is 44.1 Å². The molecule has 0 radical (unpaired) electrons. The quantitative estimate of drug-likeness (QED) is 0.454. The molecule has 2 amide bonds. The van der Waals surface area contributed by atoms with Crippen LogP contribution in [0, 0.1) is 17.6 Å². The fourth-order valence-corrected chi connectivity index (χ4v) is 5.13. The topological polar surface area (TPSA) is 116 Å². The van der Waals surface area contributed by atoms with Crippen LogP contribution in [-0.4, -0.2) is 79.0 Å². The zero-order valence-electron chi connectivity index (χ0n) is 22.5. The summed E-state index contributed by atoms with van der Waals surface area (Å²) in [5, 5.41) is 2.42. The van der Waals surface area contributed by atoms with Crippen LogP contribution in [0.1, 0.15) is 42.2 Å². The number of amides is 2. The summed E-state index contributed by atoms with van der Waals surface area (Å²) in [6, 6.07) is 4.34. The third-order valence-electron chi connectivity index (χ3n) is 7.62. The van der Waals surface area contributed by atoms with Gasteiger partial charge in [0.15, 0.2) is 17.2 Å². The van der Waals surface area contributed by atoms with Gasteiger partial charge in [-0.2, -0.15) is 17.6 Å². The van der Waals surface area contributed by atoms with Gasteiger partial charge in [-0.05, 0) is 31.5 Å². The molecule has 4 atom stereocenters. The molecule has 2 saturated heterocycles. The van der Waals surface area contributed by atoms with Gasteiger partial charge in [0.25, 0.3) is 11.8 Å². The number of carbonyl (C=O) groups is 2. The number of aromatic nitrogens is 1. The lowest BCUT2D eigenvalue weighted by atomic mass is 9.77. The van der Waals surface area contributed by atoms with Gasteiger partial charge >= 0.3 is 6.18 Å². The molecule has 3 N–H and O–H groups in total. The lowest BCUT2D eigenvalue weighted by Crippen LogP contribution is -2.47. The predicted octanol–water partition coefficient (Wildman–Crippen LogP) is 3.64. The molecule has 2 aliphatic heterocycles. The molecule has 41 heavy (non-hydrogen) atoms. The maximum Gasteiger partial charge on any atom is 0.417 e. The molecule has 0 spiro atoms. The summed E-state index contributed by atoms with van der Waals surface area (Å²) in [6.07, 6.45) is -4.74. The number of carbonyl (C=O) groups excluding carboxylic acids is 2. The van der Waals surface area contributed by atoms with Crippen LogP contribution < -0.4 is 15.8 Å². The van der Waals surface area contributed by atoms with Crippen molar-refractivity contribution < 1.29 is 45.8 Å². The van der Waals surface area contributed by atoms with Crippen LogP contribution in [0.2, 0.25) is 0 Å². The molecule has 3 heterocycles. The number of nitrogens with zero attached hydrogens (tertiary/aromatic N) is 2. The lowest BCUT2D eigenvalue weighted by molar-refractivity contribution is -0.272. The Hall–Kier alpha value is -3.36. The van der Waals surface area contributed by atoms with Crippen LogP contribution in [0.3, 0.4) is 0 Å². The van der Waals surface area contributed by atoms with Gasteiger partial charge in [-0.15, -0.1) is 0 Å². The molecule has 224 valence electrons. The van der Waals surface area contributed by atoms with E-state index in [0.29, 0.717) is 32.8 Å². The number of nitrogens with two attached hydrogens (primary N) is 1. The molecule has 2 aliphatic rings. The Morgan fingerprint density at radius 2 is 1.98 bits per heavy atom. The zero-order valence-corrected chi connectivity index (χ0v) is 22.5. The van der Waals surface area contributed by atoms with Gasteiger partial charge in [0, 0.05) is 55.5 Å². The summed E-state index contributed by atoms with van der Waals surface area (Å²) in [4.78, 5) is 30.6. The van der Waals surface area contributed by atoms with Gasteiger partial charge in [-0.25, -0.2) is 4.39 Å². The maximum atomic E-state index is 15.1. The van der Waals surface area contributed by atoms with Crippen molar-refractivity contribution in [3.05, 3.63) is 53.4 Å². The van der Waals surface area contributed by atoms with E-state index in [2.05, 4.69) is 10.3 Å². The van der Waals surface area contributed by atoms with E-state index < -0.39 is 58.9 Å². The smallest absolute Gasteiger partial charge is 0.417 e. The summed E-state index contributed by atoms with van der Waals surface area (Å²) in [7, 11) is 0. The molecular formula is C27H31F5N4O5. The molecule has 4 rings (SSSR count). The Labute approximate surface area is 233 Å². The molecule has 14 heteroatoms. The van der Waals surface area contributed by atoms with Crippen molar-refractivity contribution in [3.8, 4) is 5.75 Å². The lowest BCUT2D eigenvalue weighted by Gasteiger charge is -2.32. The number of halogens is 5. The highest BCUT2D eigenvalue weighted by Gasteiger charge is 2.66. The van der Waals surface area contributed by atoms with Crippen molar-refractivity contribution >= 4 is 17.5 Å². The fourth-order valence-electron chi connectivity index (χ4n) is 5.13. The summed E-state index contributed by atoms with van der Waals surface area (Å²) < 4.78 is 88.8. The van der Waals surface area contributed by atoms with E-state index in [1.807, 2.05) is 4.90 Å². The van der Waals surface area contributed by atoms with Gasteiger partial charge in [0.1, 0.15) is 18.4 Å². The minimum absolute atomic E-state index is 0.0256. The Morgan fingerprint density at radius 3 is 2.68 bits per heavy atom. The van der Waals surface area contributed by atoms with E-state index in [1.54, 1.807) is 0 Å². The van der Waals surface area contributed by atoms with Crippen LogP contribution in [0.25, 0.3) is 0 Å². The average molecular weight is 587 g/mol. The first-order chi connectivity index (χ1) is 19.3. The van der Waals surface area contributed by atoms with Crippen LogP contribution >= 0.6 is 0 Å².